The van der Waals surface area contributed by atoms with Crippen molar-refractivity contribution in [2.75, 3.05) is 0 Å². The Morgan fingerprint density at radius 2 is 2.25 bits per heavy atom. The molecule has 3 nitrogen and oxygen atoms in total. The Morgan fingerprint density at radius 1 is 1.38 bits per heavy atom. The van der Waals surface area contributed by atoms with E-state index in [-0.39, 0.29) is 5.91 Å². The Morgan fingerprint density at radius 3 is 2.88 bits per heavy atom. The van der Waals surface area contributed by atoms with Gasteiger partial charge in [0.15, 0.2) is 0 Å². The highest BCUT2D eigenvalue weighted by atomic mass is 32.1. The summed E-state index contributed by atoms with van der Waals surface area (Å²) < 4.78 is 0. The van der Waals surface area contributed by atoms with Crippen LogP contribution in [0.5, 0.6) is 0 Å². The van der Waals surface area contributed by atoms with Gasteiger partial charge in [-0.25, -0.2) is 5.43 Å². The molecule has 2 aromatic rings. The number of hydrazone groups is 1. The maximum atomic E-state index is 11.5. The van der Waals surface area contributed by atoms with E-state index in [1.54, 1.807) is 23.6 Å². The van der Waals surface area contributed by atoms with Crippen LogP contribution >= 0.6 is 22.7 Å². The van der Waals surface area contributed by atoms with Crippen molar-refractivity contribution < 1.29 is 4.79 Å². The average Bonchev–Trinajstić information content (AvgIpc) is 2.90. The molecule has 0 fully saturated rings. The number of thiophene rings is 2. The van der Waals surface area contributed by atoms with Crippen LogP contribution in [0.1, 0.15) is 20.1 Å². The monoisotopic (exact) mass is 250 g/mol. The molecule has 5 heteroatoms. The van der Waals surface area contributed by atoms with Gasteiger partial charge in [-0.2, -0.15) is 5.10 Å². The summed E-state index contributed by atoms with van der Waals surface area (Å²) in [5, 5.41) is 7.78. The predicted octanol–water partition coefficient (Wildman–Crippen LogP) is 2.88. The van der Waals surface area contributed by atoms with Crippen LogP contribution < -0.4 is 5.43 Å². The molecule has 0 aliphatic carbocycles. The molecule has 0 aliphatic heterocycles. The van der Waals surface area contributed by atoms with E-state index in [1.807, 2.05) is 29.8 Å². The predicted molar refractivity (Wildman–Crippen MR) is 68.4 cm³/mol. The van der Waals surface area contributed by atoms with Crippen LogP contribution in [0.4, 0.5) is 0 Å². The van der Waals surface area contributed by atoms with Gasteiger partial charge in [0.05, 0.1) is 11.1 Å². The maximum Gasteiger partial charge on any atom is 0.281 e. The number of rotatable bonds is 3. The normalized spacial score (nSPS) is 10.8. The van der Waals surface area contributed by atoms with Crippen molar-refractivity contribution in [1.82, 2.24) is 5.43 Å². The molecular formula is C11H10N2OS2. The molecule has 82 valence electrons. The fourth-order valence-electron chi connectivity index (χ4n) is 1.13. The quantitative estimate of drug-likeness (QED) is 0.660. The molecule has 0 saturated heterocycles. The Balaban J connectivity index is 1.96. The zero-order chi connectivity index (χ0) is 11.4. The van der Waals surface area contributed by atoms with Crippen molar-refractivity contribution >= 4 is 34.8 Å². The molecule has 0 bridgehead atoms. The van der Waals surface area contributed by atoms with E-state index in [2.05, 4.69) is 10.5 Å². The topological polar surface area (TPSA) is 41.5 Å². The molecule has 2 aromatic heterocycles. The van der Waals surface area contributed by atoms with Gasteiger partial charge in [-0.15, -0.1) is 22.7 Å². The molecule has 1 N–H and O–H groups in total. The SMILES string of the molecule is Cc1ccsc1C=NNC(=O)c1cccs1. The summed E-state index contributed by atoms with van der Waals surface area (Å²) in [5.41, 5.74) is 3.66. The summed E-state index contributed by atoms with van der Waals surface area (Å²) in [6.45, 7) is 2.01. The van der Waals surface area contributed by atoms with Crippen molar-refractivity contribution in [2.45, 2.75) is 6.92 Å². The molecular weight excluding hydrogens is 240 g/mol. The fourth-order valence-corrected chi connectivity index (χ4v) is 2.53. The summed E-state index contributed by atoms with van der Waals surface area (Å²) >= 11 is 3.00. The van der Waals surface area contributed by atoms with Crippen molar-refractivity contribution in [1.29, 1.82) is 0 Å². The van der Waals surface area contributed by atoms with Gasteiger partial charge >= 0.3 is 0 Å². The Bertz CT molecular complexity index is 500. The zero-order valence-corrected chi connectivity index (χ0v) is 10.3. The Hall–Kier alpha value is -1.46. The molecule has 0 atom stereocenters. The number of nitrogens with zero attached hydrogens (tertiary/aromatic N) is 1. The van der Waals surface area contributed by atoms with Gasteiger partial charge in [0.1, 0.15) is 0 Å². The Kier molecular flexibility index (Phi) is 3.48. The van der Waals surface area contributed by atoms with Crippen molar-refractivity contribution in [3.63, 3.8) is 0 Å². The van der Waals surface area contributed by atoms with Crippen molar-refractivity contribution in [3.05, 3.63) is 44.3 Å². The molecule has 0 aromatic carbocycles. The third-order valence-electron chi connectivity index (χ3n) is 1.99. The number of carbonyl (C=O) groups excluding carboxylic acids is 1. The first-order chi connectivity index (χ1) is 7.77. The number of hydrogen-bond donors (Lipinski definition) is 1. The standard InChI is InChI=1S/C11H10N2OS2/c1-8-4-6-16-10(8)7-12-13-11(14)9-3-2-5-15-9/h2-7H,1H3,(H,13,14). The number of aryl methyl sites for hydroxylation is 1. The summed E-state index contributed by atoms with van der Waals surface area (Å²) in [4.78, 5) is 13.2. The first-order valence-corrected chi connectivity index (χ1v) is 6.44. The number of amides is 1. The van der Waals surface area contributed by atoms with Crippen LogP contribution in [-0.2, 0) is 0 Å². The molecule has 0 radical (unpaired) electrons. The van der Waals surface area contributed by atoms with Crippen LogP contribution in [0, 0.1) is 6.92 Å². The van der Waals surface area contributed by atoms with Crippen LogP contribution in [0.2, 0.25) is 0 Å². The van der Waals surface area contributed by atoms with Crippen LogP contribution in [0.25, 0.3) is 0 Å². The van der Waals surface area contributed by atoms with E-state index < -0.39 is 0 Å². The lowest BCUT2D eigenvalue weighted by Gasteiger charge is -1.94. The third-order valence-corrected chi connectivity index (χ3v) is 3.82. The second kappa shape index (κ2) is 5.05. The maximum absolute atomic E-state index is 11.5. The first kappa shape index (κ1) is 11.0. The molecule has 1 amide bonds. The van der Waals surface area contributed by atoms with Crippen LogP contribution in [0.3, 0.4) is 0 Å². The van der Waals surface area contributed by atoms with Crippen LogP contribution in [-0.4, -0.2) is 12.1 Å². The minimum absolute atomic E-state index is 0.166. The largest absolute Gasteiger partial charge is 0.281 e. The summed E-state index contributed by atoms with van der Waals surface area (Å²) in [7, 11) is 0. The number of carbonyl (C=O) groups is 1. The molecule has 2 heterocycles. The lowest BCUT2D eigenvalue weighted by molar-refractivity contribution is 0.0959. The second-order valence-electron chi connectivity index (χ2n) is 3.14. The van der Waals surface area contributed by atoms with Gasteiger partial charge < -0.3 is 0 Å². The number of hydrogen-bond acceptors (Lipinski definition) is 4. The minimum atomic E-state index is -0.166. The van der Waals surface area contributed by atoms with Gasteiger partial charge in [-0.05, 0) is 35.4 Å². The molecule has 0 saturated carbocycles. The molecule has 16 heavy (non-hydrogen) atoms. The lowest BCUT2D eigenvalue weighted by atomic mass is 10.3. The number of nitrogens with one attached hydrogen (secondary N) is 1. The van der Waals surface area contributed by atoms with Gasteiger partial charge in [0.2, 0.25) is 0 Å². The first-order valence-electron chi connectivity index (χ1n) is 4.68. The Labute approximate surface area is 101 Å². The zero-order valence-electron chi connectivity index (χ0n) is 8.64. The van der Waals surface area contributed by atoms with Gasteiger partial charge in [0.25, 0.3) is 5.91 Å². The highest BCUT2D eigenvalue weighted by molar-refractivity contribution is 7.12. The summed E-state index contributed by atoms with van der Waals surface area (Å²) in [6, 6.07) is 5.63. The third kappa shape index (κ3) is 2.56. The second-order valence-corrected chi connectivity index (χ2v) is 5.04. The lowest BCUT2D eigenvalue weighted by Crippen LogP contribution is -2.15. The highest BCUT2D eigenvalue weighted by Crippen LogP contribution is 2.12. The van der Waals surface area contributed by atoms with Gasteiger partial charge in [0, 0.05) is 4.88 Å². The minimum Gasteiger partial charge on any atom is -0.266 e. The van der Waals surface area contributed by atoms with E-state index in [9.17, 15) is 4.79 Å². The molecule has 0 unspecified atom stereocenters. The van der Waals surface area contributed by atoms with Crippen LogP contribution in [0.15, 0.2) is 34.1 Å². The molecule has 0 aliphatic rings. The molecule has 0 spiro atoms. The average molecular weight is 250 g/mol. The highest BCUT2D eigenvalue weighted by Gasteiger charge is 2.03. The summed E-state index contributed by atoms with van der Waals surface area (Å²) in [5.74, 6) is -0.166. The van der Waals surface area contributed by atoms with E-state index >= 15 is 0 Å². The van der Waals surface area contributed by atoms with E-state index in [0.717, 1.165) is 4.88 Å². The molecule has 2 rings (SSSR count). The van der Waals surface area contributed by atoms with Crippen molar-refractivity contribution in [3.8, 4) is 0 Å². The van der Waals surface area contributed by atoms with E-state index in [0.29, 0.717) is 4.88 Å². The fraction of sp³-hybridized carbons (Fsp3) is 0.0909. The van der Waals surface area contributed by atoms with E-state index in [1.165, 1.54) is 16.9 Å². The van der Waals surface area contributed by atoms with E-state index in [4.69, 9.17) is 0 Å². The smallest absolute Gasteiger partial charge is 0.266 e. The summed E-state index contributed by atoms with van der Waals surface area (Å²) in [6.07, 6.45) is 1.67. The van der Waals surface area contributed by atoms with Crippen molar-refractivity contribution in [2.24, 2.45) is 5.10 Å². The van der Waals surface area contributed by atoms with Gasteiger partial charge in [-0.1, -0.05) is 6.07 Å². The van der Waals surface area contributed by atoms with Gasteiger partial charge in [-0.3, -0.25) is 4.79 Å².